The lowest BCUT2D eigenvalue weighted by Gasteiger charge is -2.36. The normalized spacial score (nSPS) is 29.5. The first-order chi connectivity index (χ1) is 12.6. The van der Waals surface area contributed by atoms with Gasteiger partial charge in [0.25, 0.3) is 5.91 Å². The Labute approximate surface area is 151 Å². The van der Waals surface area contributed by atoms with E-state index in [1.54, 1.807) is 4.90 Å². The Morgan fingerprint density at radius 2 is 1.96 bits per heavy atom. The molecule has 2 atom stereocenters. The van der Waals surface area contributed by atoms with Crippen LogP contribution in [0.5, 0.6) is 0 Å². The molecule has 3 fully saturated rings. The number of hydrogen-bond acceptors (Lipinski definition) is 5. The third-order valence-electron chi connectivity index (χ3n) is 5.27. The highest BCUT2D eigenvalue weighted by molar-refractivity contribution is 6.18. The quantitative estimate of drug-likeness (QED) is 0.793. The van der Waals surface area contributed by atoms with Crippen LogP contribution in [0.1, 0.15) is 25.7 Å². The van der Waals surface area contributed by atoms with Gasteiger partial charge in [-0.1, -0.05) is 0 Å². The molecule has 0 aromatic heterocycles. The fourth-order valence-electron chi connectivity index (χ4n) is 3.53. The second-order valence-corrected chi connectivity index (χ2v) is 7.22. The van der Waals surface area contributed by atoms with Gasteiger partial charge in [0.2, 0.25) is 12.1 Å². The summed E-state index contributed by atoms with van der Waals surface area (Å²) in [5, 5.41) is 2.91. The van der Waals surface area contributed by atoms with Crippen LogP contribution in [0, 0.1) is 5.92 Å². The molecule has 8 nitrogen and oxygen atoms in total. The molecule has 26 heavy (non-hydrogen) atoms. The van der Waals surface area contributed by atoms with Crippen molar-refractivity contribution in [1.29, 1.82) is 0 Å². The van der Waals surface area contributed by atoms with Gasteiger partial charge >= 0.3 is 6.03 Å². The molecular weight excluding hydrogens is 341 g/mol. The van der Waals surface area contributed by atoms with Gasteiger partial charge in [-0.3, -0.25) is 4.79 Å². The third-order valence-corrected chi connectivity index (χ3v) is 5.27. The van der Waals surface area contributed by atoms with Gasteiger partial charge in [-0.25, -0.2) is 14.2 Å². The minimum Gasteiger partial charge on any atom is -0.376 e. The Kier molecular flexibility index (Phi) is 4.88. The summed E-state index contributed by atoms with van der Waals surface area (Å²) < 4.78 is 19.5. The number of nitrogens with one attached hydrogen (secondary N) is 1. The molecule has 0 aromatic rings. The van der Waals surface area contributed by atoms with Gasteiger partial charge in [0.15, 0.2) is 0 Å². The summed E-state index contributed by atoms with van der Waals surface area (Å²) in [4.78, 5) is 35.8. The van der Waals surface area contributed by atoms with E-state index in [0.29, 0.717) is 44.4 Å². The zero-order chi connectivity index (χ0) is 18.1. The molecule has 0 radical (unpaired) electrons. The summed E-state index contributed by atoms with van der Waals surface area (Å²) in [5.74, 6) is -0.372. The van der Waals surface area contributed by atoms with Gasteiger partial charge < -0.3 is 19.9 Å². The van der Waals surface area contributed by atoms with Crippen LogP contribution in [0.3, 0.4) is 0 Å². The molecule has 0 aromatic carbocycles. The number of nitrogens with zero attached hydrogens (tertiary/aromatic N) is 4. The summed E-state index contributed by atoms with van der Waals surface area (Å²) in [7, 11) is 0. The molecule has 0 bridgehead atoms. The number of carbonyl (C=O) groups excluding carboxylic acids is 2. The predicted molar refractivity (Wildman–Crippen MR) is 93.0 cm³/mol. The third kappa shape index (κ3) is 3.72. The molecule has 4 rings (SSSR count). The van der Waals surface area contributed by atoms with E-state index in [1.165, 1.54) is 0 Å². The minimum absolute atomic E-state index is 0.0873. The number of guanidine groups is 1. The monoisotopic (exact) mass is 365 g/mol. The van der Waals surface area contributed by atoms with Crippen molar-refractivity contribution in [3.63, 3.8) is 0 Å². The molecule has 3 aliphatic heterocycles. The van der Waals surface area contributed by atoms with Crippen LogP contribution in [-0.4, -0.2) is 85.0 Å². The fourth-order valence-corrected chi connectivity index (χ4v) is 3.53. The van der Waals surface area contributed by atoms with Gasteiger partial charge in [0.05, 0.1) is 11.8 Å². The van der Waals surface area contributed by atoms with Crippen LogP contribution < -0.4 is 5.32 Å². The number of aliphatic imine (C=N–C) groups is 2. The standard InChI is InChI=1S/C17H24FN5O3/c18-13-14(11-3-4-11)20-16(21-15(13)24)22-5-7-23(8-6-22)17(25)19-10-12-2-1-9-26-12/h11-13H,1-10H2,(H,19,25). The van der Waals surface area contributed by atoms with E-state index in [1.807, 2.05) is 4.90 Å². The van der Waals surface area contributed by atoms with Crippen molar-refractivity contribution in [2.45, 2.75) is 38.0 Å². The number of alkyl halides is 1. The van der Waals surface area contributed by atoms with Crippen LogP contribution in [-0.2, 0) is 9.53 Å². The minimum atomic E-state index is -1.68. The van der Waals surface area contributed by atoms with Gasteiger partial charge in [0, 0.05) is 45.2 Å². The fraction of sp³-hybridized carbons (Fsp3) is 0.765. The second kappa shape index (κ2) is 7.30. The summed E-state index contributed by atoms with van der Waals surface area (Å²) in [5.41, 5.74) is 0.330. The van der Waals surface area contributed by atoms with Crippen molar-refractivity contribution in [2.24, 2.45) is 15.9 Å². The van der Waals surface area contributed by atoms with E-state index in [0.717, 1.165) is 32.3 Å². The maximum absolute atomic E-state index is 14.0. The van der Waals surface area contributed by atoms with Crippen molar-refractivity contribution in [2.75, 3.05) is 39.3 Å². The Balaban J connectivity index is 1.29. The molecule has 3 amide bonds. The van der Waals surface area contributed by atoms with E-state index < -0.39 is 12.1 Å². The highest BCUT2D eigenvalue weighted by Crippen LogP contribution is 2.34. The average molecular weight is 365 g/mol. The molecule has 1 saturated carbocycles. The lowest BCUT2D eigenvalue weighted by molar-refractivity contribution is -0.120. The number of hydrogen-bond donors (Lipinski definition) is 1. The van der Waals surface area contributed by atoms with Gasteiger partial charge in [-0.15, -0.1) is 0 Å². The highest BCUT2D eigenvalue weighted by Gasteiger charge is 2.40. The predicted octanol–water partition coefficient (Wildman–Crippen LogP) is 0.578. The van der Waals surface area contributed by atoms with Crippen molar-refractivity contribution < 1.29 is 18.7 Å². The first kappa shape index (κ1) is 17.4. The summed E-state index contributed by atoms with van der Waals surface area (Å²) in [6.07, 6.45) is 2.24. The number of urea groups is 1. The number of halogens is 1. The van der Waals surface area contributed by atoms with Crippen LogP contribution in [0.4, 0.5) is 9.18 Å². The van der Waals surface area contributed by atoms with Crippen LogP contribution in [0.25, 0.3) is 0 Å². The molecule has 2 unspecified atom stereocenters. The zero-order valence-corrected chi connectivity index (χ0v) is 14.7. The number of piperazine rings is 1. The number of amides is 3. The zero-order valence-electron chi connectivity index (χ0n) is 14.7. The second-order valence-electron chi connectivity index (χ2n) is 7.22. The maximum atomic E-state index is 14.0. The van der Waals surface area contributed by atoms with E-state index in [2.05, 4.69) is 15.3 Å². The largest absolute Gasteiger partial charge is 0.376 e. The Hall–Kier alpha value is -2.03. The maximum Gasteiger partial charge on any atom is 0.317 e. The van der Waals surface area contributed by atoms with E-state index in [-0.39, 0.29) is 18.1 Å². The molecule has 142 valence electrons. The molecule has 9 heteroatoms. The summed E-state index contributed by atoms with van der Waals surface area (Å²) in [6, 6.07) is -0.104. The molecule has 2 saturated heterocycles. The van der Waals surface area contributed by atoms with E-state index in [4.69, 9.17) is 4.74 Å². The lowest BCUT2D eigenvalue weighted by Crippen LogP contribution is -2.54. The van der Waals surface area contributed by atoms with Gasteiger partial charge in [-0.05, 0) is 25.7 Å². The lowest BCUT2D eigenvalue weighted by atomic mass is 10.1. The molecule has 1 aliphatic carbocycles. The van der Waals surface area contributed by atoms with Gasteiger partial charge in [0.1, 0.15) is 0 Å². The molecule has 1 N–H and O–H groups in total. The van der Waals surface area contributed by atoms with Crippen LogP contribution in [0.15, 0.2) is 9.98 Å². The SMILES string of the molecule is O=C1N=C(N2CCN(C(=O)NCC3CCCO3)CC2)N=C(C2CC2)C1F. The number of ether oxygens (including phenoxy) is 1. The molecule has 3 heterocycles. The summed E-state index contributed by atoms with van der Waals surface area (Å²) in [6.45, 7) is 3.38. The van der Waals surface area contributed by atoms with Crippen molar-refractivity contribution >= 4 is 23.6 Å². The average Bonchev–Trinajstić information content (AvgIpc) is 3.37. The Morgan fingerprint density at radius 1 is 1.19 bits per heavy atom. The molecule has 4 aliphatic rings. The Bertz CT molecular complexity index is 634. The van der Waals surface area contributed by atoms with E-state index in [9.17, 15) is 14.0 Å². The van der Waals surface area contributed by atoms with Crippen LogP contribution >= 0.6 is 0 Å². The van der Waals surface area contributed by atoms with Crippen molar-refractivity contribution in [3.05, 3.63) is 0 Å². The smallest absolute Gasteiger partial charge is 0.317 e. The Morgan fingerprint density at radius 3 is 2.62 bits per heavy atom. The molecular formula is C17H24FN5O3. The summed E-state index contributed by atoms with van der Waals surface area (Å²) >= 11 is 0. The van der Waals surface area contributed by atoms with E-state index >= 15 is 0 Å². The number of rotatable bonds is 3. The topological polar surface area (TPSA) is 86.6 Å². The van der Waals surface area contributed by atoms with Crippen molar-refractivity contribution in [3.8, 4) is 0 Å². The van der Waals surface area contributed by atoms with Gasteiger partial charge in [-0.2, -0.15) is 4.99 Å². The van der Waals surface area contributed by atoms with Crippen LogP contribution in [0.2, 0.25) is 0 Å². The highest BCUT2D eigenvalue weighted by atomic mass is 19.1. The number of carbonyl (C=O) groups is 2. The first-order valence-electron chi connectivity index (χ1n) is 9.36. The molecule has 0 spiro atoms. The van der Waals surface area contributed by atoms with Crippen molar-refractivity contribution in [1.82, 2.24) is 15.1 Å². The first-order valence-corrected chi connectivity index (χ1v) is 9.36.